The zero-order valence-electron chi connectivity index (χ0n) is 7.39. The van der Waals surface area contributed by atoms with Gasteiger partial charge in [0.05, 0.1) is 0 Å². The van der Waals surface area contributed by atoms with Crippen LogP contribution in [0.1, 0.15) is 0 Å². The van der Waals surface area contributed by atoms with Crippen molar-refractivity contribution in [1.29, 1.82) is 0 Å². The van der Waals surface area contributed by atoms with Crippen LogP contribution in [0.2, 0.25) is 0 Å². The Kier molecular flexibility index (Phi) is 4.20. The van der Waals surface area contributed by atoms with Gasteiger partial charge < -0.3 is 0 Å². The van der Waals surface area contributed by atoms with E-state index in [0.29, 0.717) is 0 Å². The molecule has 0 rings (SSSR count). The maximum Gasteiger partial charge on any atom is 0.461 e. The van der Waals surface area contributed by atoms with Gasteiger partial charge in [-0.2, -0.15) is 35.1 Å². The number of halogens is 10. The summed E-state index contributed by atoms with van der Waals surface area (Å²) >= 11 is 1.27. The summed E-state index contributed by atoms with van der Waals surface area (Å²) in [6.07, 6.45) is -12.5. The molecule has 0 radical (unpaired) electrons. The summed E-state index contributed by atoms with van der Waals surface area (Å²) in [4.78, 5) is 10.5. The maximum absolute atomic E-state index is 12.4. The van der Waals surface area contributed by atoms with Crippen molar-refractivity contribution in [2.24, 2.45) is 0 Å². The van der Waals surface area contributed by atoms with Gasteiger partial charge in [-0.25, -0.2) is 4.39 Å². The molecule has 0 N–H and O–H groups in total. The molecule has 1 atom stereocenters. The van der Waals surface area contributed by atoms with E-state index in [1.807, 2.05) is 0 Å². The first-order valence-electron chi connectivity index (χ1n) is 3.53. The van der Waals surface area contributed by atoms with Crippen molar-refractivity contribution >= 4 is 21.7 Å². The minimum atomic E-state index is -6.54. The highest BCUT2D eigenvalue weighted by atomic mass is 79.9. The molecule has 102 valence electrons. The summed E-state index contributed by atoms with van der Waals surface area (Å²) in [5.41, 5.74) is 0. The van der Waals surface area contributed by atoms with E-state index in [2.05, 4.69) is 0 Å². The molecule has 0 aromatic carbocycles. The first-order chi connectivity index (χ1) is 7.22. The molecule has 0 amide bonds. The van der Waals surface area contributed by atoms with Gasteiger partial charge in [0.15, 0.2) is 0 Å². The number of hydrogen-bond donors (Lipinski definition) is 0. The zero-order valence-corrected chi connectivity index (χ0v) is 8.98. The first-order valence-corrected chi connectivity index (χ1v) is 4.32. The number of carbonyl (C=O) groups excluding carboxylic acids is 1. The molecule has 0 aliphatic rings. The van der Waals surface area contributed by atoms with E-state index in [4.69, 9.17) is 0 Å². The summed E-state index contributed by atoms with van der Waals surface area (Å²) in [6.45, 7) is -2.79. The second kappa shape index (κ2) is 4.32. The fourth-order valence-electron chi connectivity index (χ4n) is 0.643. The monoisotopic (exact) mass is 340 g/mol. The number of alkyl halides is 10. The smallest absolute Gasteiger partial charge is 0.290 e. The van der Waals surface area contributed by atoms with Crippen molar-refractivity contribution in [2.45, 2.75) is 22.6 Å². The van der Waals surface area contributed by atoms with E-state index in [1.165, 1.54) is 15.9 Å². The lowest BCUT2D eigenvalue weighted by atomic mass is 9.99. The predicted molar refractivity (Wildman–Crippen MR) is 39.7 cm³/mol. The maximum atomic E-state index is 12.4. The zero-order chi connectivity index (χ0) is 14.3. The standard InChI is InChI=1S/C6H2BrF9O/c7-3(1-8,5(11,12)13)2(17)4(9,10)6(14,15)16/h1H2. The third-order valence-electron chi connectivity index (χ3n) is 1.63. The second-order valence-electron chi connectivity index (χ2n) is 2.83. The molecule has 0 spiro atoms. The van der Waals surface area contributed by atoms with Crippen molar-refractivity contribution < 1.29 is 44.3 Å². The Morgan fingerprint density at radius 2 is 1.24 bits per heavy atom. The molecular weight excluding hydrogens is 339 g/mol. The van der Waals surface area contributed by atoms with Crippen LogP contribution in [-0.4, -0.2) is 35.1 Å². The average molecular weight is 341 g/mol. The molecule has 1 unspecified atom stereocenters. The number of ketones is 1. The van der Waals surface area contributed by atoms with Gasteiger partial charge in [-0.15, -0.1) is 0 Å². The summed E-state index contributed by atoms with van der Waals surface area (Å²) in [6, 6.07) is 0. The molecule has 0 saturated carbocycles. The van der Waals surface area contributed by atoms with Crippen LogP contribution < -0.4 is 0 Å². The molecule has 1 nitrogen and oxygen atoms in total. The number of Topliss-reactive ketones (excluding diaryl/α,β-unsaturated/α-hetero) is 1. The molecule has 0 aromatic rings. The molecule has 0 saturated heterocycles. The van der Waals surface area contributed by atoms with E-state index >= 15 is 0 Å². The van der Waals surface area contributed by atoms with Crippen molar-refractivity contribution in [3.05, 3.63) is 0 Å². The van der Waals surface area contributed by atoms with Crippen LogP contribution in [0.15, 0.2) is 0 Å². The largest absolute Gasteiger partial charge is 0.461 e. The summed E-state index contributed by atoms with van der Waals surface area (Å²) in [5, 5.41) is 0. The van der Waals surface area contributed by atoms with Crippen LogP contribution in [0.25, 0.3) is 0 Å². The summed E-state index contributed by atoms with van der Waals surface area (Å²) in [7, 11) is 0. The van der Waals surface area contributed by atoms with Gasteiger partial charge in [0.1, 0.15) is 6.67 Å². The molecular formula is C6H2BrF9O. The van der Waals surface area contributed by atoms with Gasteiger partial charge in [-0.05, 0) is 0 Å². The highest BCUT2D eigenvalue weighted by molar-refractivity contribution is 9.10. The van der Waals surface area contributed by atoms with E-state index in [0.717, 1.165) is 0 Å². The Morgan fingerprint density at radius 1 is 0.882 bits per heavy atom. The predicted octanol–water partition coefficient (Wildman–Crippen LogP) is 3.42. The summed E-state index contributed by atoms with van der Waals surface area (Å²) < 4.78 is 103. The van der Waals surface area contributed by atoms with Crippen molar-refractivity contribution in [3.8, 4) is 0 Å². The molecule has 0 aliphatic carbocycles. The number of rotatable bonds is 3. The van der Waals surface area contributed by atoms with Gasteiger partial charge >= 0.3 is 18.3 Å². The third-order valence-corrected chi connectivity index (χ3v) is 2.66. The molecule has 0 fully saturated rings. The molecule has 17 heavy (non-hydrogen) atoms. The fraction of sp³-hybridized carbons (Fsp3) is 0.833. The van der Waals surface area contributed by atoms with Crippen LogP contribution >= 0.6 is 15.9 Å². The minimum absolute atomic E-state index is 1.27. The molecule has 0 aromatic heterocycles. The lowest BCUT2D eigenvalue weighted by Crippen LogP contribution is -2.59. The molecule has 0 bridgehead atoms. The van der Waals surface area contributed by atoms with Crippen LogP contribution in [0.4, 0.5) is 39.5 Å². The van der Waals surface area contributed by atoms with Crippen LogP contribution in [0.3, 0.4) is 0 Å². The SMILES string of the molecule is O=C(C(F)(F)C(F)(F)F)C(Br)(CF)C(F)(F)F. The lowest BCUT2D eigenvalue weighted by molar-refractivity contribution is -0.275. The normalized spacial score (nSPS) is 17.8. The van der Waals surface area contributed by atoms with E-state index in [1.54, 1.807) is 0 Å². The van der Waals surface area contributed by atoms with Crippen molar-refractivity contribution in [1.82, 2.24) is 0 Å². The Morgan fingerprint density at radius 3 is 1.41 bits per heavy atom. The quantitative estimate of drug-likeness (QED) is 0.568. The van der Waals surface area contributed by atoms with Crippen molar-refractivity contribution in [3.63, 3.8) is 0 Å². The number of carbonyl (C=O) groups is 1. The Balaban J connectivity index is 5.58. The Bertz CT molecular complexity index is 306. The third kappa shape index (κ3) is 2.68. The van der Waals surface area contributed by atoms with Crippen LogP contribution in [0.5, 0.6) is 0 Å². The average Bonchev–Trinajstić information content (AvgIpc) is 2.11. The van der Waals surface area contributed by atoms with Gasteiger partial charge in [0.25, 0.3) is 0 Å². The molecule has 11 heteroatoms. The van der Waals surface area contributed by atoms with E-state index in [9.17, 15) is 44.3 Å². The van der Waals surface area contributed by atoms with Gasteiger partial charge in [-0.1, -0.05) is 15.9 Å². The second-order valence-corrected chi connectivity index (χ2v) is 4.19. The fourth-order valence-corrected chi connectivity index (χ4v) is 0.892. The molecule has 0 aliphatic heterocycles. The van der Waals surface area contributed by atoms with Crippen LogP contribution in [0, 0.1) is 0 Å². The van der Waals surface area contributed by atoms with Gasteiger partial charge in [0.2, 0.25) is 10.1 Å². The topological polar surface area (TPSA) is 17.1 Å². The first kappa shape index (κ1) is 16.5. The highest BCUT2D eigenvalue weighted by Crippen LogP contribution is 2.47. The summed E-state index contributed by atoms with van der Waals surface area (Å²) in [5.74, 6) is -9.95. The highest BCUT2D eigenvalue weighted by Gasteiger charge is 2.73. The van der Waals surface area contributed by atoms with E-state index in [-0.39, 0.29) is 0 Å². The van der Waals surface area contributed by atoms with Crippen molar-refractivity contribution in [2.75, 3.05) is 6.67 Å². The van der Waals surface area contributed by atoms with E-state index < -0.39 is 35.1 Å². The molecule has 0 heterocycles. The van der Waals surface area contributed by atoms with Gasteiger partial charge in [0, 0.05) is 0 Å². The Labute approximate surface area is 96.1 Å². The Hall–Kier alpha value is -0.480. The van der Waals surface area contributed by atoms with Crippen LogP contribution in [-0.2, 0) is 4.79 Å². The number of hydrogen-bond acceptors (Lipinski definition) is 1. The minimum Gasteiger partial charge on any atom is -0.290 e. The van der Waals surface area contributed by atoms with Gasteiger partial charge in [-0.3, -0.25) is 4.79 Å². The lowest BCUT2D eigenvalue weighted by Gasteiger charge is -2.29.